The fraction of sp³-hybridized carbons (Fsp3) is 0.288. The molecule has 2 aromatic heterocycles. The standard InChI is InChI=1S/C52H46F4N10O7/c53-51(54)23-36(25-57)65(30-51)47(68)28-62-49(70)40-13-15-60-44-11-5-34(21-42(40)44)32-1-7-38(8-2-32)72-19-17-64(46(67)27-59)18-20-73-39-9-3-33(4-10-39)35-6-12-45-43(22-35)41(14-16-61-45)50(71)63-29-48(69)66-31-52(55,56)24-37(66)26-58/h1-16,21-22,36-37H,17-20,23-24,27-31,59H2,(H,62,70)(H,63,71)/t36-,37-/m0/s1. The monoisotopic (exact) mass is 998 g/mol. The highest BCUT2D eigenvalue weighted by atomic mass is 19.3. The zero-order chi connectivity index (χ0) is 51.9. The molecule has 21 heteroatoms. The van der Waals surface area contributed by atoms with Crippen LogP contribution in [0.1, 0.15) is 33.6 Å². The number of nitrogens with one attached hydrogen (secondary N) is 2. The predicted octanol–water partition coefficient (Wildman–Crippen LogP) is 5.34. The van der Waals surface area contributed by atoms with Crippen LogP contribution >= 0.6 is 0 Å². The lowest BCUT2D eigenvalue weighted by atomic mass is 10.0. The molecule has 6 aromatic rings. The Morgan fingerprint density at radius 1 is 0.630 bits per heavy atom. The van der Waals surface area contributed by atoms with Gasteiger partial charge < -0.3 is 40.5 Å². The number of nitrogens with zero attached hydrogens (tertiary/aromatic N) is 7. The van der Waals surface area contributed by atoms with Crippen LogP contribution < -0.4 is 25.8 Å². The molecule has 17 nitrogen and oxygen atoms in total. The van der Waals surface area contributed by atoms with E-state index in [0.29, 0.717) is 33.3 Å². The number of halogens is 4. The van der Waals surface area contributed by atoms with E-state index < -0.39 is 86.6 Å². The minimum absolute atomic E-state index is 0.144. The Labute approximate surface area is 415 Å². The van der Waals surface area contributed by atoms with E-state index >= 15 is 0 Å². The molecule has 73 heavy (non-hydrogen) atoms. The summed E-state index contributed by atoms with van der Waals surface area (Å²) in [6.07, 6.45) is 1.38. The lowest BCUT2D eigenvalue weighted by Gasteiger charge is -2.22. The van der Waals surface area contributed by atoms with E-state index in [1.807, 2.05) is 36.4 Å². The number of rotatable bonds is 17. The Kier molecular flexibility index (Phi) is 15.1. The van der Waals surface area contributed by atoms with Crippen LogP contribution in [0.2, 0.25) is 0 Å². The molecule has 2 atom stereocenters. The van der Waals surface area contributed by atoms with Gasteiger partial charge in [0, 0.05) is 36.0 Å². The number of alkyl halides is 4. The van der Waals surface area contributed by atoms with Crippen molar-refractivity contribution in [3.05, 3.63) is 121 Å². The zero-order valence-electron chi connectivity index (χ0n) is 38.9. The van der Waals surface area contributed by atoms with E-state index in [4.69, 9.17) is 15.2 Å². The van der Waals surface area contributed by atoms with Crippen LogP contribution in [-0.2, 0) is 14.4 Å². The number of likely N-dealkylation sites (tertiary alicyclic amines) is 2. The number of carbonyl (C=O) groups excluding carboxylic acids is 5. The summed E-state index contributed by atoms with van der Waals surface area (Å²) in [5, 5.41) is 24.4. The first kappa shape index (κ1) is 50.7. The van der Waals surface area contributed by atoms with Crippen molar-refractivity contribution in [3.8, 4) is 45.9 Å². The first-order valence-corrected chi connectivity index (χ1v) is 23.0. The summed E-state index contributed by atoms with van der Waals surface area (Å²) in [5.41, 5.74) is 10.2. The largest absolute Gasteiger partial charge is 0.492 e. The molecule has 0 saturated carbocycles. The molecule has 0 bridgehead atoms. The van der Waals surface area contributed by atoms with Gasteiger partial charge in [-0.25, -0.2) is 17.6 Å². The minimum Gasteiger partial charge on any atom is -0.492 e. The molecule has 5 amide bonds. The molecule has 374 valence electrons. The average Bonchev–Trinajstić information content (AvgIpc) is 3.91. The van der Waals surface area contributed by atoms with Gasteiger partial charge in [0.2, 0.25) is 17.7 Å². The van der Waals surface area contributed by atoms with Crippen molar-refractivity contribution in [2.75, 3.05) is 59.0 Å². The van der Waals surface area contributed by atoms with E-state index in [9.17, 15) is 52.1 Å². The number of carbonyl (C=O) groups is 5. The molecule has 0 aliphatic carbocycles. The summed E-state index contributed by atoms with van der Waals surface area (Å²) in [6.45, 7) is -2.42. The van der Waals surface area contributed by atoms with Crippen molar-refractivity contribution in [2.24, 2.45) is 5.73 Å². The van der Waals surface area contributed by atoms with Crippen molar-refractivity contribution in [1.82, 2.24) is 35.3 Å². The number of hydrogen-bond acceptors (Lipinski definition) is 12. The number of nitriles is 2. The van der Waals surface area contributed by atoms with E-state index in [0.717, 1.165) is 32.1 Å². The summed E-state index contributed by atoms with van der Waals surface area (Å²) < 4.78 is 67.5. The van der Waals surface area contributed by atoms with Gasteiger partial charge >= 0.3 is 0 Å². The highest BCUT2D eigenvalue weighted by Crippen LogP contribution is 2.34. The first-order valence-electron chi connectivity index (χ1n) is 23.0. The third-order valence-corrected chi connectivity index (χ3v) is 12.4. The smallest absolute Gasteiger partial charge is 0.268 e. The fourth-order valence-electron chi connectivity index (χ4n) is 8.67. The minimum atomic E-state index is -3.18. The Balaban J connectivity index is 0.822. The van der Waals surface area contributed by atoms with E-state index in [1.54, 1.807) is 60.7 Å². The second-order valence-electron chi connectivity index (χ2n) is 17.3. The third-order valence-electron chi connectivity index (χ3n) is 12.4. The number of ether oxygens (including phenoxy) is 2. The molecule has 2 aliphatic heterocycles. The van der Waals surface area contributed by atoms with Crippen LogP contribution in [-0.4, -0.2) is 137 Å². The predicted molar refractivity (Wildman–Crippen MR) is 257 cm³/mol. The van der Waals surface area contributed by atoms with Crippen molar-refractivity contribution in [1.29, 1.82) is 10.5 Å². The van der Waals surface area contributed by atoms with Crippen LogP contribution in [0.25, 0.3) is 44.1 Å². The van der Waals surface area contributed by atoms with Crippen LogP contribution in [0.5, 0.6) is 11.5 Å². The van der Waals surface area contributed by atoms with E-state index in [1.165, 1.54) is 29.4 Å². The van der Waals surface area contributed by atoms with Gasteiger partial charge in [0.05, 0.1) is 80.1 Å². The topological polar surface area (TPSA) is 237 Å². The van der Waals surface area contributed by atoms with Gasteiger partial charge in [-0.3, -0.25) is 33.9 Å². The molecule has 0 unspecified atom stereocenters. The SMILES string of the molecule is N#C[C@@H]1CC(F)(F)CN1C(=O)CNC(=O)c1ccnc2ccc(-c3ccc(OCCN(CCOc4ccc(-c5ccc6nccc(C(=O)NCC(=O)N7CC(F)(F)C[C@H]7C#N)c6c5)cc4)C(=O)CN)cc3)cc12. The van der Waals surface area contributed by atoms with Gasteiger partial charge in [-0.2, -0.15) is 10.5 Å². The Bertz CT molecular complexity index is 2960. The molecule has 0 radical (unpaired) electrons. The number of amides is 5. The van der Waals surface area contributed by atoms with Crippen LogP contribution in [0.15, 0.2) is 109 Å². The number of fused-ring (bicyclic) bond motifs is 2. The average molecular weight is 999 g/mol. The van der Waals surface area contributed by atoms with Crippen LogP contribution in [0, 0.1) is 22.7 Å². The summed E-state index contributed by atoms with van der Waals surface area (Å²) in [4.78, 5) is 76.4. The number of benzene rings is 4. The van der Waals surface area contributed by atoms with E-state index in [-0.39, 0.29) is 49.9 Å². The molecular weight excluding hydrogens is 953 g/mol. The van der Waals surface area contributed by atoms with Crippen molar-refractivity contribution in [2.45, 2.75) is 36.8 Å². The Morgan fingerprint density at radius 3 is 1.41 bits per heavy atom. The molecule has 8 rings (SSSR count). The van der Waals surface area contributed by atoms with Crippen molar-refractivity contribution < 1.29 is 51.0 Å². The quantitative estimate of drug-likeness (QED) is 0.0983. The maximum atomic E-state index is 13.9. The summed E-state index contributed by atoms with van der Waals surface area (Å²) in [7, 11) is 0. The van der Waals surface area contributed by atoms with Gasteiger partial charge in [-0.15, -0.1) is 0 Å². The highest BCUT2D eigenvalue weighted by molar-refractivity contribution is 6.09. The summed E-state index contributed by atoms with van der Waals surface area (Å²) in [5.74, 6) is -8.42. The molecule has 4 heterocycles. The van der Waals surface area contributed by atoms with Crippen molar-refractivity contribution in [3.63, 3.8) is 0 Å². The molecule has 2 aliphatic rings. The van der Waals surface area contributed by atoms with E-state index in [2.05, 4.69) is 20.6 Å². The molecule has 2 saturated heterocycles. The second kappa shape index (κ2) is 21.7. The van der Waals surface area contributed by atoms with Crippen molar-refractivity contribution >= 4 is 51.3 Å². The summed E-state index contributed by atoms with van der Waals surface area (Å²) in [6, 6.07) is 28.9. The molecule has 4 N–H and O–H groups in total. The van der Waals surface area contributed by atoms with Gasteiger partial charge in [0.15, 0.2) is 0 Å². The second-order valence-corrected chi connectivity index (χ2v) is 17.3. The molecule has 0 spiro atoms. The lowest BCUT2D eigenvalue weighted by Crippen LogP contribution is -2.43. The highest BCUT2D eigenvalue weighted by Gasteiger charge is 2.48. The third kappa shape index (κ3) is 11.9. The summed E-state index contributed by atoms with van der Waals surface area (Å²) >= 11 is 0. The van der Waals surface area contributed by atoms with Crippen LogP contribution in [0.3, 0.4) is 0 Å². The number of hydrogen-bond donors (Lipinski definition) is 3. The Hall–Kier alpha value is -8.69. The lowest BCUT2D eigenvalue weighted by molar-refractivity contribution is -0.132. The maximum absolute atomic E-state index is 13.9. The van der Waals surface area contributed by atoms with Gasteiger partial charge in [0.25, 0.3) is 23.7 Å². The normalized spacial score (nSPS) is 16.6. The number of nitrogens with two attached hydrogens (primary N) is 1. The number of aromatic nitrogens is 2. The molecule has 2 fully saturated rings. The Morgan fingerprint density at radius 2 is 1.03 bits per heavy atom. The van der Waals surface area contributed by atoms with Crippen LogP contribution in [0.4, 0.5) is 17.6 Å². The zero-order valence-corrected chi connectivity index (χ0v) is 38.9. The maximum Gasteiger partial charge on any atom is 0.268 e. The van der Waals surface area contributed by atoms with Gasteiger partial charge in [0.1, 0.15) is 36.8 Å². The number of pyridine rings is 2. The first-order chi connectivity index (χ1) is 35.0. The fourth-order valence-corrected chi connectivity index (χ4v) is 8.67. The molecular formula is C52H46F4N10O7. The molecule has 4 aromatic carbocycles. The van der Waals surface area contributed by atoms with Gasteiger partial charge in [-0.05, 0) is 82.9 Å². The van der Waals surface area contributed by atoms with Gasteiger partial charge in [-0.1, -0.05) is 36.4 Å².